The van der Waals surface area contributed by atoms with Crippen molar-refractivity contribution in [3.05, 3.63) is 192 Å². The number of fused-ring (bicyclic) bond motifs is 6. The third-order valence-electron chi connectivity index (χ3n) is 11.7. The molecule has 0 saturated carbocycles. The van der Waals surface area contributed by atoms with Gasteiger partial charge in [0.1, 0.15) is 0 Å². The van der Waals surface area contributed by atoms with E-state index in [2.05, 4.69) is 6.07 Å². The molecule has 0 N–H and O–H groups in total. The second kappa shape index (κ2) is 14.3. The highest BCUT2D eigenvalue weighted by Crippen LogP contribution is 2.48. The van der Waals surface area contributed by atoms with E-state index in [9.17, 15) is 18.4 Å². The van der Waals surface area contributed by atoms with E-state index in [1.807, 2.05) is 156 Å². The van der Waals surface area contributed by atoms with Crippen molar-refractivity contribution in [2.75, 3.05) is 0 Å². The maximum absolute atomic E-state index is 15.5. The third kappa shape index (κ3) is 6.38. The topological polar surface area (TPSA) is 33.6 Å². The summed E-state index contributed by atoms with van der Waals surface area (Å²) in [6, 6.07) is 49.9. The van der Waals surface area contributed by atoms with Crippen molar-refractivity contribution in [2.45, 2.75) is 26.2 Å². The summed E-state index contributed by atoms with van der Waals surface area (Å²) in [4.78, 5) is 0. The lowest BCUT2D eigenvalue weighted by Gasteiger charge is -2.24. The first-order chi connectivity index (χ1) is 29.8. The molecule has 0 aliphatic carbocycles. The second-order valence-electron chi connectivity index (χ2n) is 15.7. The van der Waals surface area contributed by atoms with E-state index < -0.39 is 29.0 Å². The number of halogens is 6. The Kier molecular flexibility index (Phi) is 8.89. The highest BCUT2D eigenvalue weighted by molar-refractivity contribution is 6.13. The van der Waals surface area contributed by atoms with Crippen molar-refractivity contribution < 1.29 is 26.3 Å². The van der Waals surface area contributed by atoms with E-state index >= 15 is 13.2 Å². The molecule has 10 rings (SSSR count). The average Bonchev–Trinajstić information content (AvgIpc) is 3.77. The van der Waals surface area contributed by atoms with E-state index in [0.717, 1.165) is 61.0 Å². The lowest BCUT2D eigenvalue weighted by atomic mass is 9.92. The van der Waals surface area contributed by atoms with Gasteiger partial charge >= 0.3 is 12.4 Å². The molecule has 0 amide bonds. The fraction of sp³-hybridized carbons (Fsp3) is 0.0755. The van der Waals surface area contributed by atoms with Crippen molar-refractivity contribution in [3.8, 4) is 50.8 Å². The largest absolute Gasteiger partial charge is 0.417 e. The van der Waals surface area contributed by atoms with Gasteiger partial charge in [-0.2, -0.15) is 31.6 Å². The van der Waals surface area contributed by atoms with E-state index in [1.165, 1.54) is 12.1 Å². The molecule has 0 saturated heterocycles. The molecule has 2 heterocycles. The monoisotopic (exact) mass is 825 g/mol. The fourth-order valence-corrected chi connectivity index (χ4v) is 8.95. The number of nitriles is 1. The molecule has 0 radical (unpaired) electrons. The Bertz CT molecular complexity index is 3300. The van der Waals surface area contributed by atoms with Gasteiger partial charge in [0.2, 0.25) is 0 Å². The summed E-state index contributed by atoms with van der Waals surface area (Å²) in [5, 5.41) is 14.0. The molecule has 0 aliphatic heterocycles. The molecule has 302 valence electrons. The minimum Gasteiger partial charge on any atom is -0.308 e. The van der Waals surface area contributed by atoms with Crippen LogP contribution in [0.1, 0.15) is 27.8 Å². The van der Waals surface area contributed by atoms with Gasteiger partial charge in [-0.05, 0) is 90.2 Å². The summed E-state index contributed by atoms with van der Waals surface area (Å²) in [7, 11) is 0. The molecule has 0 fully saturated rings. The SMILES string of the molecule is Cc1cccc(-c2ccc3c4ccccc4n(-c4cc(C#N)cc(-n5c6ccccc6c6ccc(-c7cccc(C)c7)cc65)c4-c4ccc(C(F)(F)F)cc4C(F)(F)F)c3c2)c1. The van der Waals surface area contributed by atoms with Crippen molar-refractivity contribution in [1.29, 1.82) is 5.26 Å². The van der Waals surface area contributed by atoms with E-state index in [1.54, 1.807) is 0 Å². The summed E-state index contributed by atoms with van der Waals surface area (Å²) < 4.78 is 93.1. The van der Waals surface area contributed by atoms with Gasteiger partial charge in [-0.25, -0.2) is 0 Å². The third-order valence-corrected chi connectivity index (χ3v) is 11.7. The van der Waals surface area contributed by atoms with Gasteiger partial charge in [0, 0.05) is 27.1 Å². The van der Waals surface area contributed by atoms with E-state index in [4.69, 9.17) is 0 Å². The van der Waals surface area contributed by atoms with Crippen molar-refractivity contribution >= 4 is 43.6 Å². The van der Waals surface area contributed by atoms with E-state index in [-0.39, 0.29) is 28.6 Å². The molecule has 2 aromatic heterocycles. The Labute approximate surface area is 351 Å². The van der Waals surface area contributed by atoms with Crippen LogP contribution in [-0.4, -0.2) is 9.13 Å². The number of alkyl halides is 6. The number of aryl methyl sites for hydroxylation is 2. The number of aromatic nitrogens is 2. The normalized spacial score (nSPS) is 12.2. The van der Waals surface area contributed by atoms with Crippen LogP contribution in [-0.2, 0) is 12.4 Å². The number of rotatable bonds is 5. The lowest BCUT2D eigenvalue weighted by Crippen LogP contribution is -2.14. The van der Waals surface area contributed by atoms with Gasteiger partial charge in [0.05, 0.1) is 56.2 Å². The van der Waals surface area contributed by atoms with Crippen LogP contribution < -0.4 is 0 Å². The minimum atomic E-state index is -5.21. The van der Waals surface area contributed by atoms with Crippen molar-refractivity contribution in [1.82, 2.24) is 9.13 Å². The zero-order chi connectivity index (χ0) is 43.1. The summed E-state index contributed by atoms with van der Waals surface area (Å²) in [6.45, 7) is 3.97. The molecule has 3 nitrogen and oxygen atoms in total. The van der Waals surface area contributed by atoms with Crippen LogP contribution in [0.4, 0.5) is 26.3 Å². The molecule has 10 aromatic rings. The summed E-state index contributed by atoms with van der Waals surface area (Å²) in [5.74, 6) is 0. The molecule has 8 aromatic carbocycles. The number of hydrogen-bond acceptors (Lipinski definition) is 1. The highest BCUT2D eigenvalue weighted by atomic mass is 19.4. The molecule has 0 bridgehead atoms. The molecule has 0 aliphatic rings. The average molecular weight is 826 g/mol. The fourth-order valence-electron chi connectivity index (χ4n) is 8.95. The molecule has 0 spiro atoms. The van der Waals surface area contributed by atoms with Gasteiger partial charge in [0.15, 0.2) is 0 Å². The lowest BCUT2D eigenvalue weighted by molar-refractivity contribution is -0.142. The Morgan fingerprint density at radius 3 is 1.35 bits per heavy atom. The van der Waals surface area contributed by atoms with Gasteiger partial charge in [0.25, 0.3) is 0 Å². The highest BCUT2D eigenvalue weighted by Gasteiger charge is 2.40. The molecular weight excluding hydrogens is 793 g/mol. The van der Waals surface area contributed by atoms with Gasteiger partial charge in [-0.15, -0.1) is 0 Å². The van der Waals surface area contributed by atoms with Gasteiger partial charge in [-0.1, -0.05) is 126 Å². The van der Waals surface area contributed by atoms with Crippen molar-refractivity contribution in [2.24, 2.45) is 0 Å². The first-order valence-corrected chi connectivity index (χ1v) is 19.9. The van der Waals surface area contributed by atoms with Crippen LogP contribution in [0.15, 0.2) is 164 Å². The second-order valence-corrected chi connectivity index (χ2v) is 15.7. The quantitative estimate of drug-likeness (QED) is 0.159. The number of para-hydroxylation sites is 2. The van der Waals surface area contributed by atoms with Gasteiger partial charge < -0.3 is 9.13 Å². The first kappa shape index (κ1) is 38.6. The maximum Gasteiger partial charge on any atom is 0.417 e. The summed E-state index contributed by atoms with van der Waals surface area (Å²) in [6.07, 6.45) is -10.3. The minimum absolute atomic E-state index is 0.00253. The number of hydrogen-bond donors (Lipinski definition) is 0. The van der Waals surface area contributed by atoms with Crippen LogP contribution in [0.25, 0.3) is 88.4 Å². The van der Waals surface area contributed by atoms with Crippen LogP contribution in [0.5, 0.6) is 0 Å². The van der Waals surface area contributed by atoms with Crippen molar-refractivity contribution in [3.63, 3.8) is 0 Å². The zero-order valence-electron chi connectivity index (χ0n) is 33.2. The Balaban J connectivity index is 1.41. The number of nitrogens with zero attached hydrogens (tertiary/aromatic N) is 3. The molecular formula is C53H33F6N3. The molecule has 9 heteroatoms. The molecule has 0 atom stereocenters. The Morgan fingerprint density at radius 1 is 0.435 bits per heavy atom. The van der Waals surface area contributed by atoms with Crippen LogP contribution >= 0.6 is 0 Å². The van der Waals surface area contributed by atoms with Gasteiger partial charge in [-0.3, -0.25) is 0 Å². The predicted octanol–water partition coefficient (Wildman–Crippen LogP) is 15.4. The summed E-state index contributed by atoms with van der Waals surface area (Å²) in [5.41, 5.74) is 5.33. The summed E-state index contributed by atoms with van der Waals surface area (Å²) >= 11 is 0. The number of benzene rings is 8. The zero-order valence-corrected chi connectivity index (χ0v) is 33.2. The smallest absolute Gasteiger partial charge is 0.308 e. The maximum atomic E-state index is 15.5. The Hall–Kier alpha value is -7.57. The Morgan fingerprint density at radius 2 is 0.903 bits per heavy atom. The predicted molar refractivity (Wildman–Crippen MR) is 236 cm³/mol. The van der Waals surface area contributed by atoms with Crippen LogP contribution in [0, 0.1) is 25.2 Å². The van der Waals surface area contributed by atoms with Crippen LogP contribution in [0.2, 0.25) is 0 Å². The van der Waals surface area contributed by atoms with E-state index in [0.29, 0.717) is 28.1 Å². The molecule has 62 heavy (non-hydrogen) atoms. The molecule has 0 unspecified atom stereocenters. The first-order valence-electron chi connectivity index (χ1n) is 19.9. The standard InChI is InChI=1S/C53H33F6N3/c1-31-9-7-11-34(23-31)36-17-20-41-39-13-3-5-15-45(39)61(47(41)27-36)49-25-33(30-60)26-50(51(49)43-22-19-38(52(54,55)56)29-44(43)53(57,58)59)62-46-16-6-4-14-40(46)42-21-18-37(28-48(42)62)35-12-8-10-32(2)24-35/h3-29H,1-2H3. The van der Waals surface area contributed by atoms with Crippen LogP contribution in [0.3, 0.4) is 0 Å².